The van der Waals surface area contributed by atoms with Gasteiger partial charge in [-0.15, -0.1) is 21.5 Å². The monoisotopic (exact) mass is 578 g/mol. The van der Waals surface area contributed by atoms with Gasteiger partial charge in [-0.05, 0) is 47.2 Å². The Morgan fingerprint density at radius 2 is 1.90 bits per heavy atom. The lowest BCUT2D eigenvalue weighted by atomic mass is 9.80. The average Bonchev–Trinajstić information content (AvgIpc) is 3.70. The van der Waals surface area contributed by atoms with Crippen molar-refractivity contribution in [3.05, 3.63) is 80.0 Å². The average molecular weight is 579 g/mol. The third kappa shape index (κ3) is 4.26. The second-order valence-corrected chi connectivity index (χ2v) is 11.4. The highest BCUT2D eigenvalue weighted by atomic mass is 35.5. The molecule has 2 aliphatic rings. The van der Waals surface area contributed by atoms with Gasteiger partial charge in [-0.2, -0.15) is 10.5 Å². The number of urea groups is 1. The van der Waals surface area contributed by atoms with Crippen molar-refractivity contribution in [3.8, 4) is 17.5 Å². The molecule has 0 saturated carbocycles. The molecular formula is C26H20Cl2N8O2S. The number of nitrogens with one attached hydrogen (secondary N) is 1. The van der Waals surface area contributed by atoms with Crippen LogP contribution in [-0.2, 0) is 11.3 Å². The van der Waals surface area contributed by atoms with E-state index >= 15 is 0 Å². The first-order chi connectivity index (χ1) is 18.8. The van der Waals surface area contributed by atoms with E-state index in [0.717, 1.165) is 20.9 Å². The lowest BCUT2D eigenvalue weighted by Gasteiger charge is -2.34. The van der Waals surface area contributed by atoms with Crippen molar-refractivity contribution >= 4 is 52.2 Å². The number of nitrogens with zero attached hydrogens (tertiary/aromatic N) is 7. The van der Waals surface area contributed by atoms with Gasteiger partial charge < -0.3 is 4.90 Å². The van der Waals surface area contributed by atoms with Crippen LogP contribution in [-0.4, -0.2) is 68.0 Å². The van der Waals surface area contributed by atoms with Crippen molar-refractivity contribution in [1.82, 2.24) is 30.4 Å². The molecule has 1 spiro atoms. The van der Waals surface area contributed by atoms with E-state index in [1.54, 1.807) is 48.7 Å². The van der Waals surface area contributed by atoms with Crippen molar-refractivity contribution in [1.29, 1.82) is 5.26 Å². The van der Waals surface area contributed by atoms with Crippen LogP contribution in [0.4, 0.5) is 10.5 Å². The Bertz CT molecular complexity index is 1600. The van der Waals surface area contributed by atoms with Crippen LogP contribution in [0.2, 0.25) is 10.0 Å². The molecule has 4 aromatic rings. The van der Waals surface area contributed by atoms with E-state index in [1.807, 2.05) is 23.6 Å². The van der Waals surface area contributed by atoms with E-state index < -0.39 is 11.6 Å². The molecule has 2 atom stereocenters. The Kier molecular flexibility index (Phi) is 6.35. The molecule has 196 valence electrons. The second kappa shape index (κ2) is 9.73. The maximum atomic E-state index is 14.3. The molecule has 0 aliphatic carbocycles. The number of benzene rings is 2. The van der Waals surface area contributed by atoms with Gasteiger partial charge in [0.15, 0.2) is 0 Å². The molecular weight excluding hydrogens is 559 g/mol. The van der Waals surface area contributed by atoms with Crippen LogP contribution >= 0.6 is 34.5 Å². The summed E-state index contributed by atoms with van der Waals surface area (Å²) in [4.78, 5) is 33.9. The van der Waals surface area contributed by atoms with Crippen molar-refractivity contribution in [3.63, 3.8) is 0 Å². The summed E-state index contributed by atoms with van der Waals surface area (Å²) < 4.78 is 0. The molecule has 1 N–H and O–H groups in total. The van der Waals surface area contributed by atoms with E-state index in [0.29, 0.717) is 46.8 Å². The Balaban J connectivity index is 1.38. The molecule has 4 heterocycles. The lowest BCUT2D eigenvalue weighted by Crippen LogP contribution is -2.53. The van der Waals surface area contributed by atoms with E-state index in [1.165, 1.54) is 4.90 Å². The van der Waals surface area contributed by atoms with Crippen LogP contribution in [0.1, 0.15) is 21.9 Å². The van der Waals surface area contributed by atoms with Crippen molar-refractivity contribution in [2.75, 3.05) is 25.0 Å². The smallest absolute Gasteiger partial charge is 0.310 e. The Morgan fingerprint density at radius 3 is 2.56 bits per heavy atom. The first-order valence-corrected chi connectivity index (χ1v) is 13.6. The maximum Gasteiger partial charge on any atom is 0.332 e. The molecule has 2 saturated heterocycles. The number of rotatable bonds is 5. The first kappa shape index (κ1) is 25.5. The zero-order valence-corrected chi connectivity index (χ0v) is 22.8. The fourth-order valence-electron chi connectivity index (χ4n) is 5.50. The van der Waals surface area contributed by atoms with Gasteiger partial charge in [-0.25, -0.2) is 9.69 Å². The highest BCUT2D eigenvalue weighted by Crippen LogP contribution is 2.47. The van der Waals surface area contributed by atoms with Gasteiger partial charge in [-0.3, -0.25) is 9.69 Å². The van der Waals surface area contributed by atoms with Gasteiger partial charge in [-0.1, -0.05) is 35.3 Å². The Morgan fingerprint density at radius 1 is 1.15 bits per heavy atom. The number of likely N-dealkylation sites (N-methyl/N-ethyl adjacent to an activating group) is 1. The minimum Gasteiger partial charge on any atom is -0.310 e. The summed E-state index contributed by atoms with van der Waals surface area (Å²) in [5, 5.41) is 26.1. The molecule has 39 heavy (non-hydrogen) atoms. The second-order valence-electron chi connectivity index (χ2n) is 9.53. The predicted octanol–water partition coefficient (Wildman–Crippen LogP) is 4.54. The van der Waals surface area contributed by atoms with Crippen LogP contribution < -0.4 is 4.90 Å². The number of hydrogen-bond acceptors (Lipinski definition) is 8. The number of carbonyl (C=O) groups is 2. The maximum absolute atomic E-state index is 14.3. The van der Waals surface area contributed by atoms with Crippen LogP contribution in [0.3, 0.4) is 0 Å². The minimum absolute atomic E-state index is 0.318. The molecule has 10 nitrogen and oxygen atoms in total. The number of H-pyrrole nitrogens is 1. The summed E-state index contributed by atoms with van der Waals surface area (Å²) in [6, 6.07) is 15.5. The SMILES string of the molecule is CN1C(=O)N(c2cc(Cl)cc(Cl)c2)C(=O)C12CN(Cc1cc(-c3nn[nH]n3)cs1)CC2c1ccc(C#N)cc1. The van der Waals surface area contributed by atoms with Gasteiger partial charge in [0.05, 0.1) is 17.3 Å². The molecule has 2 aliphatic heterocycles. The molecule has 0 radical (unpaired) electrons. The van der Waals surface area contributed by atoms with Crippen LogP contribution in [0, 0.1) is 11.3 Å². The number of amides is 3. The number of tetrazole rings is 1. The van der Waals surface area contributed by atoms with Gasteiger partial charge in [0.2, 0.25) is 5.82 Å². The number of nitriles is 1. The zero-order chi connectivity index (χ0) is 27.3. The Labute approximate surface area is 237 Å². The largest absolute Gasteiger partial charge is 0.332 e. The molecule has 0 bridgehead atoms. The molecule has 3 amide bonds. The number of likely N-dealkylation sites (tertiary alicyclic amines) is 1. The quantitative estimate of drug-likeness (QED) is 0.345. The normalized spacial score (nSPS) is 21.3. The molecule has 2 fully saturated rings. The molecule has 2 unspecified atom stereocenters. The van der Waals surface area contributed by atoms with Crippen molar-refractivity contribution in [2.24, 2.45) is 0 Å². The molecule has 2 aromatic carbocycles. The summed E-state index contributed by atoms with van der Waals surface area (Å²) in [6.45, 7) is 1.41. The lowest BCUT2D eigenvalue weighted by molar-refractivity contribution is -0.124. The standard InChI is InChI=1S/C26H20Cl2N8O2S/c1-34-25(38)36(20-8-18(27)7-19(28)9-20)24(37)26(34)14-35(12-22(26)16-4-2-15(10-29)3-5-16)11-21-6-17(13-39-21)23-30-32-33-31-23/h2-9,13,22H,11-12,14H2,1H3,(H,30,31,32,33). The number of hydrogen-bond donors (Lipinski definition) is 1. The van der Waals surface area contributed by atoms with Gasteiger partial charge in [0, 0.05) is 58.5 Å². The van der Waals surface area contributed by atoms with Gasteiger partial charge in [0.25, 0.3) is 5.91 Å². The van der Waals surface area contributed by atoms with E-state index in [4.69, 9.17) is 23.2 Å². The molecule has 13 heteroatoms. The van der Waals surface area contributed by atoms with E-state index in [-0.39, 0.29) is 11.8 Å². The number of thiophene rings is 1. The third-order valence-corrected chi connectivity index (χ3v) is 8.67. The van der Waals surface area contributed by atoms with Crippen LogP contribution in [0.25, 0.3) is 11.4 Å². The van der Waals surface area contributed by atoms with Crippen LogP contribution in [0.15, 0.2) is 53.9 Å². The molecule has 6 rings (SSSR count). The summed E-state index contributed by atoms with van der Waals surface area (Å²) in [6.07, 6.45) is 0. The number of halogens is 2. The topological polar surface area (TPSA) is 122 Å². The highest BCUT2D eigenvalue weighted by molar-refractivity contribution is 7.10. The first-order valence-electron chi connectivity index (χ1n) is 11.9. The predicted molar refractivity (Wildman–Crippen MR) is 147 cm³/mol. The third-order valence-electron chi connectivity index (χ3n) is 7.32. The van der Waals surface area contributed by atoms with Crippen molar-refractivity contribution < 1.29 is 9.59 Å². The number of imide groups is 1. The Hall–Kier alpha value is -3.82. The highest BCUT2D eigenvalue weighted by Gasteiger charge is 2.64. The number of aromatic nitrogens is 4. The fourth-order valence-corrected chi connectivity index (χ4v) is 6.92. The summed E-state index contributed by atoms with van der Waals surface area (Å²) >= 11 is 14.0. The summed E-state index contributed by atoms with van der Waals surface area (Å²) in [5.41, 5.74) is 1.40. The van der Waals surface area contributed by atoms with Gasteiger partial charge in [0.1, 0.15) is 5.54 Å². The summed E-state index contributed by atoms with van der Waals surface area (Å²) in [7, 11) is 1.66. The summed E-state index contributed by atoms with van der Waals surface area (Å²) in [5.74, 6) is -0.176. The number of aromatic amines is 1. The minimum atomic E-state index is -1.17. The van der Waals surface area contributed by atoms with Crippen LogP contribution in [0.5, 0.6) is 0 Å². The van der Waals surface area contributed by atoms with E-state index in [2.05, 4.69) is 31.6 Å². The number of anilines is 1. The van der Waals surface area contributed by atoms with E-state index in [9.17, 15) is 14.9 Å². The molecule has 2 aromatic heterocycles. The fraction of sp³-hybridized carbons (Fsp3) is 0.231. The number of carbonyl (C=O) groups excluding carboxylic acids is 2. The van der Waals surface area contributed by atoms with Gasteiger partial charge >= 0.3 is 6.03 Å². The van der Waals surface area contributed by atoms with Crippen molar-refractivity contribution in [2.45, 2.75) is 18.0 Å². The zero-order valence-electron chi connectivity index (χ0n) is 20.5.